The predicted octanol–water partition coefficient (Wildman–Crippen LogP) is 4.36. The fourth-order valence-corrected chi connectivity index (χ4v) is 9.83. The Hall–Kier alpha value is -4.85. The van der Waals surface area contributed by atoms with E-state index in [0.717, 1.165) is 5.39 Å². The third-order valence-corrected chi connectivity index (χ3v) is 14.3. The molecule has 3 N–H and O–H groups in total. The average Bonchev–Trinajstić information content (AvgIpc) is 4.14. The molecule has 0 radical (unpaired) electrons. The SMILES string of the molecule is COc1ccc2c(OC3CC4C(=O)NC5(C(=O)NS(=O)(=O)C6CC6)CC5C=CCCC(C)CC(C)C(NC(=O)OC(C)(C)C(F)(F)F)C(=O)N4C3)nc(N3CCOCC3)cc2c1. The number of carbonyl (C=O) groups excluding carboxylic acids is 4. The fraction of sp³-hybridized carbons (Fsp3) is 0.643. The molecule has 4 fully saturated rings. The lowest BCUT2D eigenvalue weighted by atomic mass is 9.88. The van der Waals surface area contributed by atoms with Crippen LogP contribution in [0.3, 0.4) is 0 Å². The number of amides is 4. The number of carbonyl (C=O) groups is 4. The van der Waals surface area contributed by atoms with Crippen molar-refractivity contribution in [2.24, 2.45) is 17.8 Å². The first-order valence-corrected chi connectivity index (χ1v) is 22.7. The van der Waals surface area contributed by atoms with E-state index in [9.17, 15) is 40.8 Å². The van der Waals surface area contributed by atoms with Gasteiger partial charge in [0, 0.05) is 30.8 Å². The van der Waals surface area contributed by atoms with Gasteiger partial charge in [-0.3, -0.25) is 19.1 Å². The van der Waals surface area contributed by atoms with Crippen molar-refractivity contribution in [1.29, 1.82) is 0 Å². The average molecular weight is 893 g/mol. The summed E-state index contributed by atoms with van der Waals surface area (Å²) in [7, 11) is -2.45. The normalized spacial score (nSPS) is 28.8. The summed E-state index contributed by atoms with van der Waals surface area (Å²) >= 11 is 0. The number of nitrogens with zero attached hydrogens (tertiary/aromatic N) is 3. The molecule has 20 heteroatoms. The second kappa shape index (κ2) is 17.4. The summed E-state index contributed by atoms with van der Waals surface area (Å²) in [4.78, 5) is 64.8. The molecule has 0 spiro atoms. The van der Waals surface area contributed by atoms with E-state index in [1.165, 1.54) is 4.90 Å². The Morgan fingerprint density at radius 3 is 2.45 bits per heavy atom. The molecule has 5 aliphatic rings. The number of rotatable bonds is 9. The van der Waals surface area contributed by atoms with Gasteiger partial charge >= 0.3 is 12.3 Å². The van der Waals surface area contributed by atoms with Gasteiger partial charge in [-0.25, -0.2) is 13.2 Å². The number of sulfonamides is 1. The van der Waals surface area contributed by atoms with Gasteiger partial charge in [-0.1, -0.05) is 26.0 Å². The smallest absolute Gasteiger partial charge is 0.427 e. The van der Waals surface area contributed by atoms with E-state index in [-0.39, 0.29) is 31.2 Å². The van der Waals surface area contributed by atoms with Crippen LogP contribution in [-0.2, 0) is 33.9 Å². The van der Waals surface area contributed by atoms with Crippen LogP contribution < -0.4 is 29.7 Å². The summed E-state index contributed by atoms with van der Waals surface area (Å²) in [6.07, 6.45) is -1.32. The zero-order valence-corrected chi connectivity index (χ0v) is 36.3. The number of alkyl halides is 3. The second-order valence-corrected chi connectivity index (χ2v) is 19.7. The zero-order chi connectivity index (χ0) is 44.8. The number of benzene rings is 1. The molecular formula is C42H55F3N6O10S. The fourth-order valence-electron chi connectivity index (χ4n) is 8.46. The molecule has 4 heterocycles. The van der Waals surface area contributed by atoms with Crippen molar-refractivity contribution in [3.8, 4) is 11.6 Å². The van der Waals surface area contributed by atoms with Crippen LogP contribution in [0.5, 0.6) is 11.6 Å². The van der Waals surface area contributed by atoms with Crippen molar-refractivity contribution < 1.29 is 59.7 Å². The van der Waals surface area contributed by atoms with Gasteiger partial charge < -0.3 is 39.4 Å². The van der Waals surface area contributed by atoms with E-state index in [1.807, 2.05) is 30.0 Å². The van der Waals surface area contributed by atoms with Gasteiger partial charge in [-0.2, -0.15) is 18.2 Å². The number of methoxy groups -OCH3 is 1. The van der Waals surface area contributed by atoms with Crippen molar-refractivity contribution >= 4 is 50.4 Å². The maximum atomic E-state index is 14.9. The number of nitrogens with one attached hydrogen (secondary N) is 3. The minimum Gasteiger partial charge on any atom is -0.497 e. The number of aromatic nitrogens is 1. The highest BCUT2D eigenvalue weighted by Crippen LogP contribution is 2.46. The maximum Gasteiger partial charge on any atom is 0.427 e. The molecule has 1 aromatic carbocycles. The highest BCUT2D eigenvalue weighted by atomic mass is 32.2. The minimum atomic E-state index is -4.92. The second-order valence-electron chi connectivity index (χ2n) is 17.7. The largest absolute Gasteiger partial charge is 0.497 e. The molecule has 340 valence electrons. The van der Waals surface area contributed by atoms with Crippen molar-refractivity contribution in [2.75, 3.05) is 44.9 Å². The standard InChI is InChI=1S/C42H55F3N6O10S/c1-24-8-6-7-9-27-22-41(27,38(54)49-62(56,57)30-11-12-30)48-35(52)32-21-29(23-51(32)37(53)34(25(2)18-24)47-39(55)61-40(3,4)42(43,44)45)60-36-31-13-10-28(58-5)19-26(31)20-33(46-36)50-14-16-59-17-15-50/h7,9-10,13,19-20,24-25,27,29-30,32,34H,6,8,11-12,14-18,21-23H2,1-5H3,(H,47,55)(H,48,52)(H,49,54). The summed E-state index contributed by atoms with van der Waals surface area (Å²) in [5, 5.41) is 5.87. The molecule has 62 heavy (non-hydrogen) atoms. The van der Waals surface area contributed by atoms with E-state index in [0.29, 0.717) is 89.2 Å². The molecule has 16 nitrogen and oxygen atoms in total. The first-order chi connectivity index (χ1) is 29.2. The molecule has 1 aromatic heterocycles. The summed E-state index contributed by atoms with van der Waals surface area (Å²) < 4.78 is 92.0. The van der Waals surface area contributed by atoms with Crippen LogP contribution in [0.25, 0.3) is 10.8 Å². The van der Waals surface area contributed by atoms with Gasteiger partial charge in [0.1, 0.15) is 35.3 Å². The van der Waals surface area contributed by atoms with Crippen LogP contribution in [0.1, 0.15) is 72.6 Å². The molecule has 4 amide bonds. The first kappa shape index (κ1) is 45.2. The third kappa shape index (κ3) is 9.70. The van der Waals surface area contributed by atoms with Gasteiger partial charge in [0.15, 0.2) is 0 Å². The highest BCUT2D eigenvalue weighted by Gasteiger charge is 2.62. The van der Waals surface area contributed by atoms with Crippen LogP contribution in [-0.4, -0.2) is 123 Å². The van der Waals surface area contributed by atoms with E-state index in [2.05, 4.69) is 15.4 Å². The number of hydrogen-bond acceptors (Lipinski definition) is 12. The first-order valence-electron chi connectivity index (χ1n) is 21.1. The van der Waals surface area contributed by atoms with Gasteiger partial charge in [-0.15, -0.1) is 0 Å². The Labute approximate surface area is 358 Å². The van der Waals surface area contributed by atoms with Crippen molar-refractivity contribution in [2.45, 2.75) is 113 Å². The Morgan fingerprint density at radius 2 is 1.77 bits per heavy atom. The van der Waals surface area contributed by atoms with E-state index < -0.39 is 86.4 Å². The number of allylic oxidation sites excluding steroid dienone is 1. The number of fused-ring (bicyclic) bond motifs is 3. The van der Waals surface area contributed by atoms with Crippen molar-refractivity contribution in [3.05, 3.63) is 36.4 Å². The number of halogens is 3. The highest BCUT2D eigenvalue weighted by molar-refractivity contribution is 7.91. The third-order valence-electron chi connectivity index (χ3n) is 12.5. The zero-order valence-electron chi connectivity index (χ0n) is 35.5. The van der Waals surface area contributed by atoms with Gasteiger partial charge in [0.05, 0.1) is 32.1 Å². The molecule has 2 aromatic rings. The Balaban J connectivity index is 1.25. The number of hydrogen-bond donors (Lipinski definition) is 3. The lowest BCUT2D eigenvalue weighted by Crippen LogP contribution is -2.59. The predicted molar refractivity (Wildman–Crippen MR) is 220 cm³/mol. The topological polar surface area (TPSA) is 195 Å². The number of ether oxygens (including phenoxy) is 4. The molecule has 2 saturated heterocycles. The quantitative estimate of drug-likeness (QED) is 0.302. The minimum absolute atomic E-state index is 0.0441. The van der Waals surface area contributed by atoms with Crippen LogP contribution in [0.4, 0.5) is 23.8 Å². The van der Waals surface area contributed by atoms with Crippen LogP contribution in [0.2, 0.25) is 0 Å². The van der Waals surface area contributed by atoms with Gasteiger partial charge in [0.25, 0.3) is 5.91 Å². The Kier molecular flexibility index (Phi) is 12.7. The van der Waals surface area contributed by atoms with E-state index in [1.54, 1.807) is 32.2 Å². The van der Waals surface area contributed by atoms with E-state index in [4.69, 9.17) is 23.9 Å². The number of morpholine rings is 1. The van der Waals surface area contributed by atoms with Gasteiger partial charge in [-0.05, 0) is 93.9 Å². The molecular weight excluding hydrogens is 838 g/mol. The Bertz CT molecular complexity index is 2200. The van der Waals surface area contributed by atoms with E-state index >= 15 is 0 Å². The van der Waals surface area contributed by atoms with Crippen LogP contribution in [0, 0.1) is 17.8 Å². The molecule has 2 saturated carbocycles. The Morgan fingerprint density at radius 1 is 1.05 bits per heavy atom. The number of anilines is 1. The molecule has 2 aliphatic carbocycles. The summed E-state index contributed by atoms with van der Waals surface area (Å²) in [5.41, 5.74) is -4.54. The lowest BCUT2D eigenvalue weighted by molar-refractivity contribution is -0.244. The molecule has 7 rings (SSSR count). The number of pyridine rings is 1. The monoisotopic (exact) mass is 892 g/mol. The number of alkyl carbamates (subject to hydrolysis) is 1. The molecule has 7 atom stereocenters. The van der Waals surface area contributed by atoms with Gasteiger partial charge in [0.2, 0.25) is 33.3 Å². The summed E-state index contributed by atoms with van der Waals surface area (Å²) in [5.74, 6) is -2.30. The maximum absolute atomic E-state index is 14.9. The van der Waals surface area contributed by atoms with Crippen molar-refractivity contribution in [1.82, 2.24) is 25.2 Å². The molecule has 7 unspecified atom stereocenters. The lowest BCUT2D eigenvalue weighted by Gasteiger charge is -2.34. The summed E-state index contributed by atoms with van der Waals surface area (Å²) in [6, 6.07) is 4.47. The molecule has 0 bridgehead atoms. The summed E-state index contributed by atoms with van der Waals surface area (Å²) in [6.45, 7) is 6.91. The van der Waals surface area contributed by atoms with Crippen LogP contribution >= 0.6 is 0 Å². The van der Waals surface area contributed by atoms with Crippen LogP contribution in [0.15, 0.2) is 36.4 Å². The van der Waals surface area contributed by atoms with Crippen molar-refractivity contribution in [3.63, 3.8) is 0 Å². The molecule has 3 aliphatic heterocycles.